The summed E-state index contributed by atoms with van der Waals surface area (Å²) in [5, 5.41) is 12.1. The molecule has 28 heavy (non-hydrogen) atoms. The van der Waals surface area contributed by atoms with E-state index in [-0.39, 0.29) is 11.5 Å². The van der Waals surface area contributed by atoms with Gasteiger partial charge in [0.1, 0.15) is 0 Å². The zero-order valence-corrected chi connectivity index (χ0v) is 15.3. The van der Waals surface area contributed by atoms with Crippen molar-refractivity contribution >= 4 is 23.6 Å². The van der Waals surface area contributed by atoms with Gasteiger partial charge in [0, 0.05) is 6.08 Å². The molecule has 1 amide bonds. The first-order chi connectivity index (χ1) is 13.6. The number of benzene rings is 3. The van der Waals surface area contributed by atoms with E-state index in [0.29, 0.717) is 5.69 Å². The van der Waals surface area contributed by atoms with Crippen molar-refractivity contribution in [2.24, 2.45) is 0 Å². The van der Waals surface area contributed by atoms with E-state index in [1.54, 1.807) is 24.3 Å². The highest BCUT2D eigenvalue weighted by Crippen LogP contribution is 2.20. The van der Waals surface area contributed by atoms with Crippen LogP contribution in [0.25, 0.3) is 6.08 Å². The molecule has 0 unspecified atom stereocenters. The minimum absolute atomic E-state index is 0.0740. The number of carboxylic acid groups (broad SMARTS) is 1. The van der Waals surface area contributed by atoms with Gasteiger partial charge in [0.05, 0.1) is 11.3 Å². The van der Waals surface area contributed by atoms with Crippen molar-refractivity contribution in [2.75, 3.05) is 5.32 Å². The zero-order chi connectivity index (χ0) is 19.8. The fourth-order valence-electron chi connectivity index (χ4n) is 2.88. The molecule has 4 nitrogen and oxygen atoms in total. The third-order valence-corrected chi connectivity index (χ3v) is 4.34. The normalized spacial score (nSPS) is 10.7. The van der Waals surface area contributed by atoms with Gasteiger partial charge in [-0.3, -0.25) is 4.79 Å². The summed E-state index contributed by atoms with van der Waals surface area (Å²) in [7, 11) is 0. The topological polar surface area (TPSA) is 66.4 Å². The Balaban J connectivity index is 1.73. The summed E-state index contributed by atoms with van der Waals surface area (Å²) in [6, 6.07) is 24.6. The van der Waals surface area contributed by atoms with Gasteiger partial charge in [-0.05, 0) is 47.7 Å². The molecule has 3 aromatic rings. The van der Waals surface area contributed by atoms with E-state index in [4.69, 9.17) is 0 Å². The van der Waals surface area contributed by atoms with Crippen LogP contribution in [0.2, 0.25) is 0 Å². The van der Waals surface area contributed by atoms with Crippen LogP contribution in [0.5, 0.6) is 0 Å². The Kier molecular flexibility index (Phi) is 6.37. The Hall–Kier alpha value is -3.66. The maximum absolute atomic E-state index is 12.3. The first-order valence-electron chi connectivity index (χ1n) is 9.06. The summed E-state index contributed by atoms with van der Waals surface area (Å²) in [6.07, 6.45) is 4.69. The minimum Gasteiger partial charge on any atom is -0.478 e. The molecule has 0 aliphatic carbocycles. The number of hydrogen-bond acceptors (Lipinski definition) is 2. The summed E-state index contributed by atoms with van der Waals surface area (Å²) in [6.45, 7) is 0. The van der Waals surface area contributed by atoms with Crippen molar-refractivity contribution < 1.29 is 14.7 Å². The number of aryl methyl sites for hydroxylation is 2. The van der Waals surface area contributed by atoms with Crippen molar-refractivity contribution in [3.8, 4) is 0 Å². The number of carbonyl (C=O) groups excluding carboxylic acids is 1. The molecule has 0 aliphatic rings. The monoisotopic (exact) mass is 371 g/mol. The quantitative estimate of drug-likeness (QED) is 0.585. The Bertz CT molecular complexity index is 979. The summed E-state index contributed by atoms with van der Waals surface area (Å²) in [4.78, 5) is 23.8. The van der Waals surface area contributed by atoms with Crippen molar-refractivity contribution in [3.63, 3.8) is 0 Å². The highest BCUT2D eigenvalue weighted by molar-refractivity contribution is 6.06. The van der Waals surface area contributed by atoms with E-state index in [0.717, 1.165) is 24.0 Å². The lowest BCUT2D eigenvalue weighted by Crippen LogP contribution is -2.12. The lowest BCUT2D eigenvalue weighted by Gasteiger charge is -2.10. The van der Waals surface area contributed by atoms with E-state index in [2.05, 4.69) is 17.4 Å². The van der Waals surface area contributed by atoms with Gasteiger partial charge in [-0.2, -0.15) is 0 Å². The molecule has 0 aromatic heterocycles. The summed E-state index contributed by atoms with van der Waals surface area (Å²) in [5.74, 6) is -1.44. The van der Waals surface area contributed by atoms with Crippen LogP contribution < -0.4 is 5.32 Å². The number of anilines is 1. The standard InChI is InChI=1S/C24H21NO3/c26-23(16-14-19-9-5-2-6-10-19)25-22-17-20(13-15-21(22)24(27)28)12-11-18-7-3-1-4-8-18/h1-10,13-17H,11-12H2,(H,25,26)(H,27,28). The average Bonchev–Trinajstić information content (AvgIpc) is 2.72. The fourth-order valence-corrected chi connectivity index (χ4v) is 2.88. The molecule has 0 bridgehead atoms. The molecule has 0 saturated carbocycles. The molecule has 2 N–H and O–H groups in total. The molecular weight excluding hydrogens is 350 g/mol. The van der Waals surface area contributed by atoms with E-state index in [1.807, 2.05) is 48.5 Å². The molecule has 0 atom stereocenters. The first-order valence-corrected chi connectivity index (χ1v) is 9.06. The number of rotatable bonds is 7. The van der Waals surface area contributed by atoms with Gasteiger partial charge >= 0.3 is 5.97 Å². The molecular formula is C24H21NO3. The van der Waals surface area contributed by atoms with Crippen LogP contribution in [-0.4, -0.2) is 17.0 Å². The van der Waals surface area contributed by atoms with Crippen LogP contribution in [0.15, 0.2) is 84.9 Å². The predicted octanol–water partition coefficient (Wildman–Crippen LogP) is 4.82. The number of nitrogens with one attached hydrogen (secondary N) is 1. The number of aromatic carboxylic acids is 1. The van der Waals surface area contributed by atoms with Crippen LogP contribution in [-0.2, 0) is 17.6 Å². The Labute approximate surface area is 164 Å². The van der Waals surface area contributed by atoms with Crippen LogP contribution in [0.3, 0.4) is 0 Å². The van der Waals surface area contributed by atoms with E-state index in [1.165, 1.54) is 11.6 Å². The SMILES string of the molecule is O=C(C=Cc1ccccc1)Nc1cc(CCc2ccccc2)ccc1C(=O)O. The van der Waals surface area contributed by atoms with Crippen LogP contribution in [0.4, 0.5) is 5.69 Å². The Morgan fingerprint density at radius 2 is 1.46 bits per heavy atom. The van der Waals surface area contributed by atoms with Crippen molar-refractivity contribution in [1.29, 1.82) is 0 Å². The van der Waals surface area contributed by atoms with Gasteiger partial charge in [-0.15, -0.1) is 0 Å². The van der Waals surface area contributed by atoms with Crippen LogP contribution in [0.1, 0.15) is 27.0 Å². The molecule has 0 heterocycles. The molecule has 3 aromatic carbocycles. The fraction of sp³-hybridized carbons (Fsp3) is 0.0833. The largest absolute Gasteiger partial charge is 0.478 e. The lowest BCUT2D eigenvalue weighted by molar-refractivity contribution is -0.111. The minimum atomic E-state index is -1.07. The molecule has 140 valence electrons. The average molecular weight is 371 g/mol. The highest BCUT2D eigenvalue weighted by Gasteiger charge is 2.12. The third-order valence-electron chi connectivity index (χ3n) is 4.34. The van der Waals surface area contributed by atoms with Gasteiger partial charge in [0.25, 0.3) is 0 Å². The summed E-state index contributed by atoms with van der Waals surface area (Å²) in [5.41, 5.74) is 3.45. The van der Waals surface area contributed by atoms with Gasteiger partial charge in [0.15, 0.2) is 0 Å². The Morgan fingerprint density at radius 3 is 2.14 bits per heavy atom. The Morgan fingerprint density at radius 1 is 0.821 bits per heavy atom. The predicted molar refractivity (Wildman–Crippen MR) is 111 cm³/mol. The molecule has 0 saturated heterocycles. The molecule has 4 heteroatoms. The van der Waals surface area contributed by atoms with E-state index < -0.39 is 5.97 Å². The highest BCUT2D eigenvalue weighted by atomic mass is 16.4. The van der Waals surface area contributed by atoms with Crippen molar-refractivity contribution in [1.82, 2.24) is 0 Å². The second kappa shape index (κ2) is 9.33. The van der Waals surface area contributed by atoms with Crippen molar-refractivity contribution in [2.45, 2.75) is 12.8 Å². The lowest BCUT2D eigenvalue weighted by atomic mass is 10.0. The smallest absolute Gasteiger partial charge is 0.337 e. The third kappa shape index (κ3) is 5.42. The van der Waals surface area contributed by atoms with Crippen LogP contribution >= 0.6 is 0 Å². The molecule has 0 aliphatic heterocycles. The first kappa shape index (κ1) is 19.1. The van der Waals surface area contributed by atoms with Gasteiger partial charge in [-0.1, -0.05) is 66.7 Å². The molecule has 3 rings (SSSR count). The van der Waals surface area contributed by atoms with Gasteiger partial charge < -0.3 is 10.4 Å². The second-order valence-corrected chi connectivity index (χ2v) is 6.40. The van der Waals surface area contributed by atoms with Crippen LogP contribution in [0, 0.1) is 0 Å². The zero-order valence-electron chi connectivity index (χ0n) is 15.3. The molecule has 0 fully saturated rings. The maximum atomic E-state index is 12.3. The number of hydrogen-bond donors (Lipinski definition) is 2. The maximum Gasteiger partial charge on any atom is 0.337 e. The van der Waals surface area contributed by atoms with E-state index in [9.17, 15) is 14.7 Å². The number of amides is 1. The molecule has 0 spiro atoms. The number of carboxylic acids is 1. The summed E-state index contributed by atoms with van der Waals surface area (Å²) >= 11 is 0. The van der Waals surface area contributed by atoms with Gasteiger partial charge in [-0.25, -0.2) is 4.79 Å². The summed E-state index contributed by atoms with van der Waals surface area (Å²) < 4.78 is 0. The van der Waals surface area contributed by atoms with E-state index >= 15 is 0 Å². The van der Waals surface area contributed by atoms with Crippen molar-refractivity contribution in [3.05, 3.63) is 107 Å². The van der Waals surface area contributed by atoms with Gasteiger partial charge in [0.2, 0.25) is 5.91 Å². The molecule has 0 radical (unpaired) electrons. The second-order valence-electron chi connectivity index (χ2n) is 6.40. The number of carbonyl (C=O) groups is 2.